The number of hydrogen-bond acceptors (Lipinski definition) is 6. The molecule has 0 aliphatic heterocycles. The first kappa shape index (κ1) is 13.4. The second-order valence-electron chi connectivity index (χ2n) is 4.69. The van der Waals surface area contributed by atoms with E-state index in [0.717, 1.165) is 34.5 Å². The summed E-state index contributed by atoms with van der Waals surface area (Å²) in [4.78, 5) is 22.3. The van der Waals surface area contributed by atoms with Gasteiger partial charge < -0.3 is 0 Å². The topological polar surface area (TPSA) is 59.0 Å². The van der Waals surface area contributed by atoms with Gasteiger partial charge in [0.2, 0.25) is 5.91 Å². The first-order valence-corrected chi connectivity index (χ1v) is 8.02. The number of thiazole rings is 1. The zero-order valence-corrected chi connectivity index (χ0v) is 12.9. The minimum Gasteiger partial charge on any atom is -0.285 e. The summed E-state index contributed by atoms with van der Waals surface area (Å²) in [7, 11) is 0. The average molecular weight is 306 g/mol. The average Bonchev–Trinajstić information content (AvgIpc) is 2.95. The summed E-state index contributed by atoms with van der Waals surface area (Å²) in [6.45, 7) is 3.47. The Morgan fingerprint density at radius 1 is 1.40 bits per heavy atom. The van der Waals surface area contributed by atoms with Crippen molar-refractivity contribution >= 4 is 46.1 Å². The van der Waals surface area contributed by atoms with Crippen LogP contribution < -0.4 is 4.90 Å². The lowest BCUT2D eigenvalue weighted by Gasteiger charge is -2.16. The summed E-state index contributed by atoms with van der Waals surface area (Å²) in [5, 5.41) is 3.61. The molecule has 0 radical (unpaired) electrons. The Hall–Kier alpha value is -1.60. The number of carbonyl (C=O) groups is 1. The molecule has 0 saturated heterocycles. The maximum Gasteiger partial charge on any atom is 0.225 e. The van der Waals surface area contributed by atoms with Gasteiger partial charge in [-0.1, -0.05) is 0 Å². The number of rotatable bonds is 4. The molecule has 1 fully saturated rings. The summed E-state index contributed by atoms with van der Waals surface area (Å²) in [6, 6.07) is 0.348. The molecule has 0 spiro atoms. The molecule has 0 aromatic carbocycles. The van der Waals surface area contributed by atoms with Crippen molar-refractivity contribution in [1.29, 1.82) is 0 Å². The normalized spacial score (nSPS) is 14.9. The fourth-order valence-corrected chi connectivity index (χ4v) is 3.36. The first-order valence-electron chi connectivity index (χ1n) is 6.37. The summed E-state index contributed by atoms with van der Waals surface area (Å²) >= 11 is 2.87. The Balaban J connectivity index is 1.76. The molecule has 7 heteroatoms. The first-order chi connectivity index (χ1) is 9.63. The van der Waals surface area contributed by atoms with Crippen molar-refractivity contribution < 1.29 is 4.79 Å². The van der Waals surface area contributed by atoms with E-state index in [4.69, 9.17) is 0 Å². The number of aromatic nitrogens is 3. The van der Waals surface area contributed by atoms with Crippen LogP contribution in [0.1, 0.15) is 36.3 Å². The van der Waals surface area contributed by atoms with Crippen molar-refractivity contribution in [3.8, 4) is 0 Å². The molecule has 2 heterocycles. The van der Waals surface area contributed by atoms with Crippen molar-refractivity contribution in [3.05, 3.63) is 21.9 Å². The molecule has 0 bridgehead atoms. The highest BCUT2D eigenvalue weighted by molar-refractivity contribution is 7.14. The van der Waals surface area contributed by atoms with Crippen molar-refractivity contribution in [2.45, 2.75) is 32.7 Å². The maximum atomic E-state index is 11.7. The van der Waals surface area contributed by atoms with Gasteiger partial charge in [-0.25, -0.2) is 9.97 Å². The minimum atomic E-state index is 0.0668. The van der Waals surface area contributed by atoms with Crippen LogP contribution in [0.3, 0.4) is 0 Å². The summed E-state index contributed by atoms with van der Waals surface area (Å²) in [5.74, 6) is 0.849. The molecule has 5 nitrogen and oxygen atoms in total. The van der Waals surface area contributed by atoms with E-state index in [-0.39, 0.29) is 5.91 Å². The van der Waals surface area contributed by atoms with Crippen molar-refractivity contribution in [3.63, 3.8) is 0 Å². The zero-order chi connectivity index (χ0) is 14.1. The van der Waals surface area contributed by atoms with Gasteiger partial charge in [0.25, 0.3) is 0 Å². The van der Waals surface area contributed by atoms with E-state index in [1.807, 2.05) is 24.5 Å². The summed E-state index contributed by atoms with van der Waals surface area (Å²) in [6.07, 6.45) is 5.96. The van der Waals surface area contributed by atoms with E-state index in [1.165, 1.54) is 22.9 Å². The van der Waals surface area contributed by atoms with E-state index >= 15 is 0 Å². The van der Waals surface area contributed by atoms with E-state index in [1.54, 1.807) is 11.8 Å². The van der Waals surface area contributed by atoms with Crippen LogP contribution >= 0.6 is 22.9 Å². The lowest BCUT2D eigenvalue weighted by atomic mass is 10.4. The highest BCUT2D eigenvalue weighted by Gasteiger charge is 2.33. The third-order valence-corrected chi connectivity index (χ3v) is 4.54. The van der Waals surface area contributed by atoms with Gasteiger partial charge in [0.05, 0.1) is 5.69 Å². The molecule has 1 aliphatic rings. The smallest absolute Gasteiger partial charge is 0.225 e. The fraction of sp³-hybridized carbons (Fsp3) is 0.385. The standard InChI is InChI=1S/C13H14N4OS2/c1-8-14-12(20-16-8)6-3-10-7-19-13(15-10)17(9(2)18)11-4-5-11/h3,6-7,11H,4-5H2,1-2H3/b6-3+. The number of nitrogens with zero attached hydrogens (tertiary/aromatic N) is 4. The van der Waals surface area contributed by atoms with Gasteiger partial charge in [-0.2, -0.15) is 4.37 Å². The molecule has 1 amide bonds. The van der Waals surface area contributed by atoms with Gasteiger partial charge in [0, 0.05) is 18.3 Å². The molecule has 20 heavy (non-hydrogen) atoms. The predicted molar refractivity (Wildman–Crippen MR) is 81.9 cm³/mol. The largest absolute Gasteiger partial charge is 0.285 e. The highest BCUT2D eigenvalue weighted by Crippen LogP contribution is 2.33. The Morgan fingerprint density at radius 2 is 2.20 bits per heavy atom. The van der Waals surface area contributed by atoms with Crippen LogP contribution in [0.25, 0.3) is 12.2 Å². The maximum absolute atomic E-state index is 11.7. The molecule has 104 valence electrons. The van der Waals surface area contributed by atoms with Gasteiger partial charge in [-0.15, -0.1) is 11.3 Å². The molecule has 1 saturated carbocycles. The summed E-state index contributed by atoms with van der Waals surface area (Å²) < 4.78 is 4.13. The SMILES string of the molecule is CC(=O)N(c1nc(/C=C/c2nc(C)ns2)cs1)C1CC1. The molecule has 0 unspecified atom stereocenters. The molecule has 2 aromatic rings. The van der Waals surface area contributed by atoms with Crippen LogP contribution in [0, 0.1) is 6.92 Å². The Bertz CT molecular complexity index is 657. The molecule has 0 atom stereocenters. The van der Waals surface area contributed by atoms with E-state index in [2.05, 4.69) is 14.3 Å². The Morgan fingerprint density at radius 3 is 2.80 bits per heavy atom. The van der Waals surface area contributed by atoms with Gasteiger partial charge in [-0.3, -0.25) is 9.69 Å². The van der Waals surface area contributed by atoms with E-state index in [0.29, 0.717) is 6.04 Å². The van der Waals surface area contributed by atoms with Crippen LogP contribution in [0.15, 0.2) is 5.38 Å². The second-order valence-corrected chi connectivity index (χ2v) is 6.31. The number of carbonyl (C=O) groups excluding carboxylic acids is 1. The van der Waals surface area contributed by atoms with Crippen LogP contribution in [-0.4, -0.2) is 26.3 Å². The lowest BCUT2D eigenvalue weighted by molar-refractivity contribution is -0.116. The molecular weight excluding hydrogens is 292 g/mol. The monoisotopic (exact) mass is 306 g/mol. The number of amides is 1. The number of hydrogen-bond donors (Lipinski definition) is 0. The molecule has 3 rings (SSSR count). The highest BCUT2D eigenvalue weighted by atomic mass is 32.1. The number of anilines is 1. The van der Waals surface area contributed by atoms with Gasteiger partial charge in [0.15, 0.2) is 5.13 Å². The summed E-state index contributed by atoms with van der Waals surface area (Å²) in [5.41, 5.74) is 0.852. The third kappa shape index (κ3) is 2.94. The van der Waals surface area contributed by atoms with Gasteiger partial charge in [0.1, 0.15) is 10.8 Å². The second kappa shape index (κ2) is 5.41. The fourth-order valence-electron chi connectivity index (χ4n) is 1.88. The van der Waals surface area contributed by atoms with Gasteiger partial charge >= 0.3 is 0 Å². The van der Waals surface area contributed by atoms with Crippen LogP contribution in [0.4, 0.5) is 5.13 Å². The van der Waals surface area contributed by atoms with Crippen molar-refractivity contribution in [2.24, 2.45) is 0 Å². The van der Waals surface area contributed by atoms with Crippen molar-refractivity contribution in [2.75, 3.05) is 4.90 Å². The van der Waals surface area contributed by atoms with E-state index < -0.39 is 0 Å². The lowest BCUT2D eigenvalue weighted by Crippen LogP contribution is -2.30. The number of aryl methyl sites for hydroxylation is 1. The zero-order valence-electron chi connectivity index (χ0n) is 11.2. The van der Waals surface area contributed by atoms with Gasteiger partial charge in [-0.05, 0) is 43.4 Å². The molecule has 0 N–H and O–H groups in total. The Kier molecular flexibility index (Phi) is 3.62. The molecular formula is C13H14N4OS2. The predicted octanol–water partition coefficient (Wildman–Crippen LogP) is 2.99. The molecule has 2 aromatic heterocycles. The van der Waals surface area contributed by atoms with Crippen molar-refractivity contribution in [1.82, 2.24) is 14.3 Å². The van der Waals surface area contributed by atoms with Crippen LogP contribution in [0.5, 0.6) is 0 Å². The van der Waals surface area contributed by atoms with E-state index in [9.17, 15) is 4.79 Å². The minimum absolute atomic E-state index is 0.0668. The quantitative estimate of drug-likeness (QED) is 0.871. The molecule has 1 aliphatic carbocycles. The third-order valence-electron chi connectivity index (χ3n) is 2.91. The Labute approximate surface area is 125 Å². The van der Waals surface area contributed by atoms with Crippen LogP contribution in [0.2, 0.25) is 0 Å². The van der Waals surface area contributed by atoms with Crippen LogP contribution in [-0.2, 0) is 4.79 Å².